The zero-order chi connectivity index (χ0) is 13.7. The van der Waals surface area contributed by atoms with Gasteiger partial charge in [-0.1, -0.05) is 12.1 Å². The molecule has 0 atom stereocenters. The molecule has 0 saturated carbocycles. The number of halogens is 1. The van der Waals surface area contributed by atoms with Gasteiger partial charge in [0.15, 0.2) is 0 Å². The minimum atomic E-state index is -0.119. The Morgan fingerprint density at radius 1 is 1.05 bits per heavy atom. The Morgan fingerprint density at radius 2 is 1.68 bits per heavy atom. The van der Waals surface area contributed by atoms with Crippen LogP contribution >= 0.6 is 22.6 Å². The molecule has 0 bridgehead atoms. The van der Waals surface area contributed by atoms with E-state index >= 15 is 0 Å². The molecule has 0 aliphatic carbocycles. The lowest BCUT2D eigenvalue weighted by atomic mass is 10.1. The van der Waals surface area contributed by atoms with E-state index in [1.807, 2.05) is 36.4 Å². The third kappa shape index (κ3) is 4.04. The molecule has 0 aliphatic rings. The molecule has 98 valence electrons. The molecule has 0 aromatic heterocycles. The maximum atomic E-state index is 12.0. The molecule has 4 heteroatoms. The fourth-order valence-electron chi connectivity index (χ4n) is 1.69. The summed E-state index contributed by atoms with van der Waals surface area (Å²) in [5.74, 6) is -0.119. The number of carbonyl (C=O) groups is 1. The van der Waals surface area contributed by atoms with E-state index in [4.69, 9.17) is 5.11 Å². The number of anilines is 1. The van der Waals surface area contributed by atoms with Crippen molar-refractivity contribution in [2.75, 3.05) is 11.9 Å². The summed E-state index contributed by atoms with van der Waals surface area (Å²) in [6.45, 7) is 0.133. The zero-order valence-corrected chi connectivity index (χ0v) is 12.4. The van der Waals surface area contributed by atoms with Crippen LogP contribution in [0, 0.1) is 3.57 Å². The van der Waals surface area contributed by atoms with Crippen LogP contribution in [0.25, 0.3) is 0 Å². The molecule has 0 heterocycles. The van der Waals surface area contributed by atoms with Crippen LogP contribution in [0.3, 0.4) is 0 Å². The summed E-state index contributed by atoms with van der Waals surface area (Å²) in [6, 6.07) is 14.9. The van der Waals surface area contributed by atoms with Gasteiger partial charge in [-0.05, 0) is 71.0 Å². The smallest absolute Gasteiger partial charge is 0.255 e. The summed E-state index contributed by atoms with van der Waals surface area (Å²) in [5.41, 5.74) is 2.44. The van der Waals surface area contributed by atoms with Crippen LogP contribution in [-0.4, -0.2) is 17.6 Å². The average molecular weight is 367 g/mol. The molecule has 0 aliphatic heterocycles. The second-order valence-corrected chi connectivity index (χ2v) is 5.38. The van der Waals surface area contributed by atoms with Gasteiger partial charge in [0, 0.05) is 21.4 Å². The van der Waals surface area contributed by atoms with E-state index in [-0.39, 0.29) is 12.5 Å². The fourth-order valence-corrected chi connectivity index (χ4v) is 2.05. The topological polar surface area (TPSA) is 49.3 Å². The van der Waals surface area contributed by atoms with Gasteiger partial charge in [-0.15, -0.1) is 0 Å². The third-order valence-electron chi connectivity index (χ3n) is 2.72. The summed E-state index contributed by atoms with van der Waals surface area (Å²) in [5, 5.41) is 11.7. The number of carbonyl (C=O) groups excluding carboxylic acids is 1. The minimum absolute atomic E-state index is 0.119. The molecular formula is C15H14INO2. The first-order valence-corrected chi connectivity index (χ1v) is 7.03. The molecule has 19 heavy (non-hydrogen) atoms. The first kappa shape index (κ1) is 14.0. The Hall–Kier alpha value is -1.40. The van der Waals surface area contributed by atoms with Gasteiger partial charge < -0.3 is 10.4 Å². The molecule has 0 unspecified atom stereocenters. The molecule has 2 aromatic rings. The Balaban J connectivity index is 2.04. The van der Waals surface area contributed by atoms with Crippen molar-refractivity contribution in [2.45, 2.75) is 6.42 Å². The number of aliphatic hydroxyl groups is 1. The average Bonchev–Trinajstić information content (AvgIpc) is 2.42. The standard InChI is InChI=1S/C15H14INO2/c16-13-5-3-12(4-6-13)15(19)17-14-7-1-11(2-8-14)9-10-18/h1-8,18H,9-10H2,(H,17,19). The van der Waals surface area contributed by atoms with Crippen LogP contribution in [0.2, 0.25) is 0 Å². The Labute approximate surface area is 125 Å². The van der Waals surface area contributed by atoms with Gasteiger partial charge in [-0.25, -0.2) is 0 Å². The molecule has 1 amide bonds. The molecule has 2 rings (SSSR count). The number of amides is 1. The molecule has 0 saturated heterocycles. The maximum absolute atomic E-state index is 12.0. The Morgan fingerprint density at radius 3 is 2.26 bits per heavy atom. The van der Waals surface area contributed by atoms with Crippen molar-refractivity contribution in [2.24, 2.45) is 0 Å². The first-order chi connectivity index (χ1) is 9.19. The lowest BCUT2D eigenvalue weighted by Crippen LogP contribution is -2.11. The van der Waals surface area contributed by atoms with Crippen LogP contribution in [0.4, 0.5) is 5.69 Å². The molecular weight excluding hydrogens is 353 g/mol. The Kier molecular flexibility index (Phi) is 4.93. The number of rotatable bonds is 4. The monoisotopic (exact) mass is 367 g/mol. The summed E-state index contributed by atoms with van der Waals surface area (Å²) in [7, 11) is 0. The summed E-state index contributed by atoms with van der Waals surface area (Å²) in [4.78, 5) is 12.0. The highest BCUT2D eigenvalue weighted by molar-refractivity contribution is 14.1. The number of aliphatic hydroxyl groups excluding tert-OH is 1. The molecule has 0 fully saturated rings. The second-order valence-electron chi connectivity index (χ2n) is 4.13. The van der Waals surface area contributed by atoms with Crippen molar-refractivity contribution in [3.05, 3.63) is 63.2 Å². The van der Waals surface area contributed by atoms with Gasteiger partial charge in [-0.3, -0.25) is 4.79 Å². The van der Waals surface area contributed by atoms with Crippen molar-refractivity contribution in [1.29, 1.82) is 0 Å². The number of hydrogen-bond acceptors (Lipinski definition) is 2. The molecule has 0 spiro atoms. The van der Waals surface area contributed by atoms with E-state index < -0.39 is 0 Å². The van der Waals surface area contributed by atoms with Crippen molar-refractivity contribution in [3.8, 4) is 0 Å². The SMILES string of the molecule is O=C(Nc1ccc(CCO)cc1)c1ccc(I)cc1. The lowest BCUT2D eigenvalue weighted by molar-refractivity contribution is 0.102. The highest BCUT2D eigenvalue weighted by Crippen LogP contribution is 2.13. The third-order valence-corrected chi connectivity index (χ3v) is 3.44. The van der Waals surface area contributed by atoms with Crippen molar-refractivity contribution >= 4 is 34.2 Å². The van der Waals surface area contributed by atoms with E-state index in [0.29, 0.717) is 12.0 Å². The van der Waals surface area contributed by atoms with Crippen LogP contribution in [-0.2, 0) is 6.42 Å². The second kappa shape index (κ2) is 6.68. The van der Waals surface area contributed by atoms with Crippen molar-refractivity contribution in [3.63, 3.8) is 0 Å². The summed E-state index contributed by atoms with van der Waals surface area (Å²) >= 11 is 2.20. The van der Waals surface area contributed by atoms with Gasteiger partial charge in [0.2, 0.25) is 0 Å². The van der Waals surface area contributed by atoms with Gasteiger partial charge in [0.1, 0.15) is 0 Å². The minimum Gasteiger partial charge on any atom is -0.396 e. The quantitative estimate of drug-likeness (QED) is 0.817. The van der Waals surface area contributed by atoms with Crippen molar-refractivity contribution in [1.82, 2.24) is 0 Å². The number of nitrogens with one attached hydrogen (secondary N) is 1. The number of hydrogen-bond donors (Lipinski definition) is 2. The van der Waals surface area contributed by atoms with Crippen LogP contribution in [0.1, 0.15) is 15.9 Å². The molecule has 3 nitrogen and oxygen atoms in total. The van der Waals surface area contributed by atoms with Gasteiger partial charge >= 0.3 is 0 Å². The molecule has 2 aromatic carbocycles. The van der Waals surface area contributed by atoms with Gasteiger partial charge in [0.25, 0.3) is 5.91 Å². The normalized spacial score (nSPS) is 10.2. The molecule has 0 radical (unpaired) electrons. The van der Waals surface area contributed by atoms with Crippen LogP contribution < -0.4 is 5.32 Å². The lowest BCUT2D eigenvalue weighted by Gasteiger charge is -2.06. The largest absolute Gasteiger partial charge is 0.396 e. The van der Waals surface area contributed by atoms with Gasteiger partial charge in [0.05, 0.1) is 0 Å². The van der Waals surface area contributed by atoms with Gasteiger partial charge in [-0.2, -0.15) is 0 Å². The highest BCUT2D eigenvalue weighted by Gasteiger charge is 2.05. The van der Waals surface area contributed by atoms with E-state index in [0.717, 1.165) is 14.8 Å². The first-order valence-electron chi connectivity index (χ1n) is 5.96. The Bertz CT molecular complexity index is 549. The van der Waals surface area contributed by atoms with E-state index in [9.17, 15) is 4.79 Å². The fraction of sp³-hybridized carbons (Fsp3) is 0.133. The number of benzene rings is 2. The van der Waals surface area contributed by atoms with Crippen molar-refractivity contribution < 1.29 is 9.90 Å². The van der Waals surface area contributed by atoms with E-state index in [1.54, 1.807) is 12.1 Å². The van der Waals surface area contributed by atoms with E-state index in [2.05, 4.69) is 27.9 Å². The molecule has 2 N–H and O–H groups in total. The highest BCUT2D eigenvalue weighted by atomic mass is 127. The van der Waals surface area contributed by atoms with Crippen LogP contribution in [0.5, 0.6) is 0 Å². The van der Waals surface area contributed by atoms with E-state index in [1.165, 1.54) is 0 Å². The zero-order valence-electron chi connectivity index (χ0n) is 10.3. The summed E-state index contributed by atoms with van der Waals surface area (Å²) in [6.07, 6.45) is 0.630. The summed E-state index contributed by atoms with van der Waals surface area (Å²) < 4.78 is 1.10. The van der Waals surface area contributed by atoms with Crippen LogP contribution in [0.15, 0.2) is 48.5 Å². The predicted molar refractivity (Wildman–Crippen MR) is 84.3 cm³/mol. The maximum Gasteiger partial charge on any atom is 0.255 e. The predicted octanol–water partition coefficient (Wildman–Crippen LogP) is 3.08.